The van der Waals surface area contributed by atoms with E-state index in [9.17, 15) is 4.79 Å². The zero-order valence-electron chi connectivity index (χ0n) is 13.2. The molecule has 24 heavy (non-hydrogen) atoms. The lowest BCUT2D eigenvalue weighted by molar-refractivity contribution is 0.304. The Labute approximate surface area is 137 Å². The molecule has 1 fully saturated rings. The standard InChI is InChI=1S/C16H16N6O2/c1-11-18-16(24-20-11)21-8-12(9-21)10-22-15(23)5-4-14(19-22)13-3-2-6-17-7-13/h2-7,12H,8-10H2,1H3. The van der Waals surface area contributed by atoms with Crippen molar-refractivity contribution >= 4 is 6.01 Å². The third kappa shape index (κ3) is 2.78. The van der Waals surface area contributed by atoms with Crippen molar-refractivity contribution in [1.82, 2.24) is 24.9 Å². The largest absolute Gasteiger partial charge is 0.324 e. The second kappa shape index (κ2) is 5.88. The molecule has 0 atom stereocenters. The summed E-state index contributed by atoms with van der Waals surface area (Å²) in [7, 11) is 0. The predicted octanol–water partition coefficient (Wildman–Crippen LogP) is 1.13. The highest BCUT2D eigenvalue weighted by atomic mass is 16.5. The molecule has 3 aromatic heterocycles. The molecule has 4 rings (SSSR count). The quantitative estimate of drug-likeness (QED) is 0.710. The van der Waals surface area contributed by atoms with Crippen molar-refractivity contribution in [2.24, 2.45) is 5.92 Å². The van der Waals surface area contributed by atoms with Crippen molar-refractivity contribution in [3.8, 4) is 11.3 Å². The van der Waals surface area contributed by atoms with Crippen molar-refractivity contribution in [3.63, 3.8) is 0 Å². The zero-order valence-corrected chi connectivity index (χ0v) is 13.2. The van der Waals surface area contributed by atoms with Crippen LogP contribution in [0.1, 0.15) is 5.82 Å². The summed E-state index contributed by atoms with van der Waals surface area (Å²) in [6, 6.07) is 7.58. The van der Waals surface area contributed by atoms with E-state index in [4.69, 9.17) is 4.52 Å². The van der Waals surface area contributed by atoms with Crippen LogP contribution in [0.3, 0.4) is 0 Å². The molecule has 122 valence electrons. The van der Waals surface area contributed by atoms with Crippen LogP contribution in [0.2, 0.25) is 0 Å². The molecule has 1 aliphatic heterocycles. The second-order valence-electron chi connectivity index (χ2n) is 5.88. The van der Waals surface area contributed by atoms with Gasteiger partial charge in [0.2, 0.25) is 0 Å². The summed E-state index contributed by atoms with van der Waals surface area (Å²) >= 11 is 0. The number of anilines is 1. The monoisotopic (exact) mass is 324 g/mol. The molecule has 8 heteroatoms. The molecule has 1 saturated heterocycles. The van der Waals surface area contributed by atoms with Gasteiger partial charge in [0.1, 0.15) is 0 Å². The van der Waals surface area contributed by atoms with E-state index in [1.807, 2.05) is 17.0 Å². The van der Waals surface area contributed by atoms with Gasteiger partial charge in [0, 0.05) is 43.0 Å². The van der Waals surface area contributed by atoms with E-state index in [-0.39, 0.29) is 5.56 Å². The normalized spacial score (nSPS) is 14.6. The Hall–Kier alpha value is -3.03. The van der Waals surface area contributed by atoms with Crippen LogP contribution in [0.5, 0.6) is 0 Å². The molecule has 0 bridgehead atoms. The molecule has 1 aliphatic rings. The maximum atomic E-state index is 12.1. The van der Waals surface area contributed by atoms with E-state index in [0.717, 1.165) is 24.3 Å². The summed E-state index contributed by atoms with van der Waals surface area (Å²) in [5.74, 6) is 0.946. The number of aromatic nitrogens is 5. The van der Waals surface area contributed by atoms with Gasteiger partial charge in [0.25, 0.3) is 5.56 Å². The summed E-state index contributed by atoms with van der Waals surface area (Å²) in [6.45, 7) is 3.90. The van der Waals surface area contributed by atoms with Gasteiger partial charge in [-0.25, -0.2) is 4.68 Å². The lowest BCUT2D eigenvalue weighted by Crippen LogP contribution is -2.49. The first-order valence-electron chi connectivity index (χ1n) is 7.73. The van der Waals surface area contributed by atoms with E-state index in [1.165, 1.54) is 4.68 Å². The van der Waals surface area contributed by atoms with E-state index < -0.39 is 0 Å². The molecule has 0 aromatic carbocycles. The number of nitrogens with zero attached hydrogens (tertiary/aromatic N) is 6. The highest BCUT2D eigenvalue weighted by molar-refractivity contribution is 5.56. The summed E-state index contributed by atoms with van der Waals surface area (Å²) in [5.41, 5.74) is 1.53. The van der Waals surface area contributed by atoms with E-state index in [0.29, 0.717) is 24.3 Å². The van der Waals surface area contributed by atoms with Crippen LogP contribution in [-0.4, -0.2) is 38.0 Å². The lowest BCUT2D eigenvalue weighted by atomic mass is 10.0. The number of rotatable bonds is 4. The SMILES string of the molecule is Cc1noc(N2CC(Cn3nc(-c4cccnc4)ccc3=O)C2)n1. The fraction of sp³-hybridized carbons (Fsp3) is 0.312. The van der Waals surface area contributed by atoms with Crippen LogP contribution in [0.15, 0.2) is 46.0 Å². The van der Waals surface area contributed by atoms with Gasteiger partial charge in [0.15, 0.2) is 5.82 Å². The molecule has 0 saturated carbocycles. The molecular weight excluding hydrogens is 308 g/mol. The molecule has 8 nitrogen and oxygen atoms in total. The van der Waals surface area contributed by atoms with Crippen LogP contribution in [0.4, 0.5) is 6.01 Å². The van der Waals surface area contributed by atoms with Gasteiger partial charge in [-0.05, 0) is 25.1 Å². The van der Waals surface area contributed by atoms with Gasteiger partial charge in [0.05, 0.1) is 12.2 Å². The van der Waals surface area contributed by atoms with Crippen LogP contribution in [0, 0.1) is 12.8 Å². The van der Waals surface area contributed by atoms with Gasteiger partial charge < -0.3 is 9.42 Å². The van der Waals surface area contributed by atoms with Gasteiger partial charge in [-0.1, -0.05) is 5.16 Å². The van der Waals surface area contributed by atoms with Gasteiger partial charge >= 0.3 is 6.01 Å². The van der Waals surface area contributed by atoms with Crippen molar-refractivity contribution in [2.75, 3.05) is 18.0 Å². The highest BCUT2D eigenvalue weighted by Gasteiger charge is 2.31. The molecule has 3 aromatic rings. The first-order valence-corrected chi connectivity index (χ1v) is 7.73. The van der Waals surface area contributed by atoms with Crippen LogP contribution in [0.25, 0.3) is 11.3 Å². The molecule has 0 spiro atoms. The van der Waals surface area contributed by atoms with Crippen molar-refractivity contribution in [1.29, 1.82) is 0 Å². The average Bonchev–Trinajstić information content (AvgIpc) is 2.99. The summed E-state index contributed by atoms with van der Waals surface area (Å²) < 4.78 is 6.66. The summed E-state index contributed by atoms with van der Waals surface area (Å²) in [6.07, 6.45) is 3.45. The van der Waals surface area contributed by atoms with Crippen molar-refractivity contribution < 1.29 is 4.52 Å². The Kier molecular flexibility index (Phi) is 3.56. The fourth-order valence-corrected chi connectivity index (χ4v) is 2.75. The predicted molar refractivity (Wildman–Crippen MR) is 86.5 cm³/mol. The summed E-state index contributed by atoms with van der Waals surface area (Å²) in [4.78, 5) is 22.4. The van der Waals surface area contributed by atoms with E-state index in [2.05, 4.69) is 20.2 Å². The Balaban J connectivity index is 1.47. The average molecular weight is 324 g/mol. The third-order valence-electron chi connectivity index (χ3n) is 4.00. The molecule has 0 radical (unpaired) electrons. The van der Waals surface area contributed by atoms with Crippen LogP contribution >= 0.6 is 0 Å². The number of hydrogen-bond donors (Lipinski definition) is 0. The first kappa shape index (κ1) is 14.6. The van der Waals surface area contributed by atoms with Gasteiger partial charge in [-0.3, -0.25) is 9.78 Å². The Bertz CT molecular complexity index is 898. The van der Waals surface area contributed by atoms with Crippen molar-refractivity contribution in [3.05, 3.63) is 52.8 Å². The smallest absolute Gasteiger partial charge is 0.324 e. The molecule has 0 amide bonds. The van der Waals surface area contributed by atoms with E-state index >= 15 is 0 Å². The van der Waals surface area contributed by atoms with Gasteiger partial charge in [-0.15, -0.1) is 0 Å². The zero-order chi connectivity index (χ0) is 16.5. The minimum atomic E-state index is -0.102. The third-order valence-corrected chi connectivity index (χ3v) is 4.00. The maximum absolute atomic E-state index is 12.1. The Morgan fingerprint density at radius 3 is 2.88 bits per heavy atom. The minimum absolute atomic E-state index is 0.102. The molecule has 0 N–H and O–H groups in total. The fourth-order valence-electron chi connectivity index (χ4n) is 2.75. The maximum Gasteiger partial charge on any atom is 0.324 e. The Morgan fingerprint density at radius 2 is 2.17 bits per heavy atom. The number of aryl methyl sites for hydroxylation is 1. The summed E-state index contributed by atoms with van der Waals surface area (Å²) in [5, 5.41) is 8.25. The molecule has 0 unspecified atom stereocenters. The van der Waals surface area contributed by atoms with Crippen LogP contribution < -0.4 is 10.5 Å². The number of hydrogen-bond acceptors (Lipinski definition) is 7. The molecular formula is C16H16N6O2. The second-order valence-corrected chi connectivity index (χ2v) is 5.88. The van der Waals surface area contributed by atoms with Gasteiger partial charge in [-0.2, -0.15) is 10.1 Å². The number of pyridine rings is 1. The minimum Gasteiger partial charge on any atom is -0.324 e. The topological polar surface area (TPSA) is 89.9 Å². The lowest BCUT2D eigenvalue weighted by Gasteiger charge is -2.37. The Morgan fingerprint density at radius 1 is 1.29 bits per heavy atom. The first-order chi connectivity index (χ1) is 11.7. The van der Waals surface area contributed by atoms with Crippen molar-refractivity contribution in [2.45, 2.75) is 13.5 Å². The molecule has 0 aliphatic carbocycles. The molecule has 4 heterocycles. The van der Waals surface area contributed by atoms with E-state index in [1.54, 1.807) is 31.5 Å². The van der Waals surface area contributed by atoms with Crippen LogP contribution in [-0.2, 0) is 6.54 Å². The highest BCUT2D eigenvalue weighted by Crippen LogP contribution is 2.23.